The molecule has 2 N–H and O–H groups in total. The van der Waals surface area contributed by atoms with Gasteiger partial charge in [-0.1, -0.05) is 0 Å². The Bertz CT molecular complexity index is 328. The third-order valence-electron chi connectivity index (χ3n) is 2.35. The molecule has 0 spiro atoms. The number of hydrogen-bond donors (Lipinski definition) is 2. The highest BCUT2D eigenvalue weighted by Gasteiger charge is 2.24. The molecule has 6 nitrogen and oxygen atoms in total. The van der Waals surface area contributed by atoms with Gasteiger partial charge in [0.2, 0.25) is 15.9 Å². The lowest BCUT2D eigenvalue weighted by atomic mass is 10.2. The highest BCUT2D eigenvalue weighted by molar-refractivity contribution is 7.90. The van der Waals surface area contributed by atoms with E-state index in [9.17, 15) is 13.2 Å². The van der Waals surface area contributed by atoms with E-state index < -0.39 is 15.8 Å². The van der Waals surface area contributed by atoms with E-state index in [2.05, 4.69) is 10.0 Å². The van der Waals surface area contributed by atoms with Crippen LogP contribution in [0.15, 0.2) is 0 Å². The molecule has 1 atom stereocenters. The summed E-state index contributed by atoms with van der Waals surface area (Å²) in [6.45, 7) is 3.82. The maximum absolute atomic E-state index is 11.6. The Morgan fingerprint density at radius 2 is 2.27 bits per heavy atom. The van der Waals surface area contributed by atoms with Gasteiger partial charge in [0.1, 0.15) is 5.75 Å². The molecule has 7 heteroatoms. The van der Waals surface area contributed by atoms with Crippen molar-refractivity contribution in [2.75, 3.05) is 32.4 Å². The summed E-state index contributed by atoms with van der Waals surface area (Å²) in [6, 6.07) is 0.222. The van der Waals surface area contributed by atoms with E-state index in [-0.39, 0.29) is 11.9 Å². The van der Waals surface area contributed by atoms with Gasteiger partial charge in [-0.2, -0.15) is 0 Å². The van der Waals surface area contributed by atoms with Crippen LogP contribution in [0.1, 0.15) is 6.92 Å². The Morgan fingerprint density at radius 3 is 2.80 bits per heavy atom. The molecular formula is C8H17N3O3S. The molecule has 1 saturated heterocycles. The van der Waals surface area contributed by atoms with Gasteiger partial charge in [-0.15, -0.1) is 0 Å². The monoisotopic (exact) mass is 235 g/mol. The SMILES string of the molecule is CNS(=O)(=O)CC(=O)N1CCN[C@H](C)C1. The van der Waals surface area contributed by atoms with Crippen molar-refractivity contribution >= 4 is 15.9 Å². The standard InChI is InChI=1S/C8H17N3O3S/c1-7-5-11(4-3-10-7)8(12)6-15(13,14)9-2/h7,9-10H,3-6H2,1-2H3/t7-/m1/s1. The lowest BCUT2D eigenvalue weighted by Crippen LogP contribution is -2.53. The molecule has 1 heterocycles. The van der Waals surface area contributed by atoms with Crippen LogP contribution in [0.3, 0.4) is 0 Å². The van der Waals surface area contributed by atoms with Gasteiger partial charge in [0, 0.05) is 25.7 Å². The molecule has 0 bridgehead atoms. The van der Waals surface area contributed by atoms with Crippen molar-refractivity contribution in [2.45, 2.75) is 13.0 Å². The van der Waals surface area contributed by atoms with Crippen LogP contribution < -0.4 is 10.0 Å². The molecular weight excluding hydrogens is 218 g/mol. The topological polar surface area (TPSA) is 78.5 Å². The zero-order valence-corrected chi connectivity index (χ0v) is 9.80. The Labute approximate surface area is 90.1 Å². The van der Waals surface area contributed by atoms with Crippen LogP contribution in [0.25, 0.3) is 0 Å². The fraction of sp³-hybridized carbons (Fsp3) is 0.875. The number of nitrogens with zero attached hydrogens (tertiary/aromatic N) is 1. The summed E-state index contributed by atoms with van der Waals surface area (Å²) < 4.78 is 24.5. The van der Waals surface area contributed by atoms with Crippen LogP contribution in [0, 0.1) is 0 Å². The predicted molar refractivity (Wildman–Crippen MR) is 56.9 cm³/mol. The van der Waals surface area contributed by atoms with Crippen LogP contribution in [-0.4, -0.2) is 57.7 Å². The van der Waals surface area contributed by atoms with Gasteiger partial charge in [-0.25, -0.2) is 13.1 Å². The van der Waals surface area contributed by atoms with Crippen LogP contribution in [0.2, 0.25) is 0 Å². The fourth-order valence-electron chi connectivity index (χ4n) is 1.48. The molecule has 0 saturated carbocycles. The number of nitrogens with one attached hydrogen (secondary N) is 2. The Hall–Kier alpha value is -0.660. The molecule has 15 heavy (non-hydrogen) atoms. The third kappa shape index (κ3) is 3.77. The first kappa shape index (κ1) is 12.4. The molecule has 1 amide bonds. The number of sulfonamides is 1. The van der Waals surface area contributed by atoms with Crippen LogP contribution >= 0.6 is 0 Å². The average molecular weight is 235 g/mol. The van der Waals surface area contributed by atoms with Gasteiger partial charge in [-0.3, -0.25) is 4.79 Å². The lowest BCUT2D eigenvalue weighted by Gasteiger charge is -2.31. The Morgan fingerprint density at radius 1 is 1.60 bits per heavy atom. The average Bonchev–Trinajstić information content (AvgIpc) is 2.17. The molecule has 0 radical (unpaired) electrons. The first-order valence-electron chi connectivity index (χ1n) is 4.87. The number of carbonyl (C=O) groups excluding carboxylic acids is 1. The van der Waals surface area contributed by atoms with Gasteiger partial charge in [0.05, 0.1) is 0 Å². The molecule has 0 aromatic carbocycles. The van der Waals surface area contributed by atoms with Crippen molar-refractivity contribution in [3.63, 3.8) is 0 Å². The first-order chi connectivity index (χ1) is 6.94. The maximum atomic E-state index is 11.6. The largest absolute Gasteiger partial charge is 0.339 e. The highest BCUT2D eigenvalue weighted by Crippen LogP contribution is 2.00. The van der Waals surface area contributed by atoms with E-state index in [0.29, 0.717) is 19.6 Å². The molecule has 1 aliphatic heterocycles. The fourth-order valence-corrected chi connectivity index (χ4v) is 2.14. The molecule has 0 aromatic heterocycles. The second-order valence-electron chi connectivity index (χ2n) is 3.66. The quantitative estimate of drug-likeness (QED) is 0.615. The Balaban J connectivity index is 2.53. The third-order valence-corrected chi connectivity index (χ3v) is 3.59. The van der Waals surface area contributed by atoms with Crippen LogP contribution in [0.4, 0.5) is 0 Å². The molecule has 88 valence electrons. The molecule has 0 unspecified atom stereocenters. The maximum Gasteiger partial charge on any atom is 0.239 e. The molecule has 0 aliphatic carbocycles. The van der Waals surface area contributed by atoms with E-state index in [1.807, 2.05) is 6.92 Å². The predicted octanol–water partition coefficient (Wildman–Crippen LogP) is -1.64. The van der Waals surface area contributed by atoms with Crippen LogP contribution in [-0.2, 0) is 14.8 Å². The summed E-state index contributed by atoms with van der Waals surface area (Å²) in [5, 5.41) is 3.18. The van der Waals surface area contributed by atoms with Crippen molar-refractivity contribution in [1.29, 1.82) is 0 Å². The van der Waals surface area contributed by atoms with Gasteiger partial charge < -0.3 is 10.2 Å². The highest BCUT2D eigenvalue weighted by atomic mass is 32.2. The summed E-state index contributed by atoms with van der Waals surface area (Å²) in [5.74, 6) is -0.798. The van der Waals surface area contributed by atoms with Crippen molar-refractivity contribution in [3.05, 3.63) is 0 Å². The molecule has 1 aliphatic rings. The van der Waals surface area contributed by atoms with Crippen molar-refractivity contribution in [1.82, 2.24) is 14.9 Å². The van der Waals surface area contributed by atoms with E-state index in [1.54, 1.807) is 4.90 Å². The van der Waals surface area contributed by atoms with Crippen molar-refractivity contribution in [3.8, 4) is 0 Å². The van der Waals surface area contributed by atoms with E-state index in [0.717, 1.165) is 0 Å². The number of piperazine rings is 1. The minimum Gasteiger partial charge on any atom is -0.339 e. The molecule has 1 rings (SSSR count). The second-order valence-corrected chi connectivity index (χ2v) is 5.58. The summed E-state index contributed by atoms with van der Waals surface area (Å²) in [5.41, 5.74) is 0. The lowest BCUT2D eigenvalue weighted by molar-refractivity contribution is -0.129. The summed E-state index contributed by atoms with van der Waals surface area (Å²) >= 11 is 0. The Kier molecular flexibility index (Phi) is 4.06. The van der Waals surface area contributed by atoms with Crippen molar-refractivity contribution in [2.24, 2.45) is 0 Å². The second kappa shape index (κ2) is 4.91. The van der Waals surface area contributed by atoms with E-state index in [1.165, 1.54) is 7.05 Å². The van der Waals surface area contributed by atoms with E-state index >= 15 is 0 Å². The van der Waals surface area contributed by atoms with Gasteiger partial charge in [-0.05, 0) is 14.0 Å². The van der Waals surface area contributed by atoms with Crippen LogP contribution in [0.5, 0.6) is 0 Å². The summed E-state index contributed by atoms with van der Waals surface area (Å²) in [7, 11) is -2.14. The van der Waals surface area contributed by atoms with Crippen molar-refractivity contribution < 1.29 is 13.2 Å². The summed E-state index contributed by atoms with van der Waals surface area (Å²) in [6.07, 6.45) is 0. The zero-order chi connectivity index (χ0) is 11.5. The van der Waals surface area contributed by atoms with E-state index in [4.69, 9.17) is 0 Å². The minimum absolute atomic E-state index is 0.222. The number of hydrogen-bond acceptors (Lipinski definition) is 4. The molecule has 1 fully saturated rings. The first-order valence-corrected chi connectivity index (χ1v) is 6.52. The number of amides is 1. The minimum atomic E-state index is -3.45. The van der Waals surface area contributed by atoms with Gasteiger partial charge >= 0.3 is 0 Å². The zero-order valence-electron chi connectivity index (χ0n) is 8.99. The smallest absolute Gasteiger partial charge is 0.239 e. The summed E-state index contributed by atoms with van der Waals surface area (Å²) in [4.78, 5) is 13.2. The number of rotatable bonds is 3. The number of carbonyl (C=O) groups is 1. The van der Waals surface area contributed by atoms with Gasteiger partial charge in [0.15, 0.2) is 0 Å². The van der Waals surface area contributed by atoms with Gasteiger partial charge in [0.25, 0.3) is 0 Å². The molecule has 0 aromatic rings. The normalized spacial score (nSPS) is 22.8.